The number of fused-ring (bicyclic) bond motifs is 1. The van der Waals surface area contributed by atoms with Crippen molar-refractivity contribution in [2.75, 3.05) is 26.3 Å². The number of nitrogens with zero attached hydrogens (tertiary/aromatic N) is 2. The second-order valence-electron chi connectivity index (χ2n) is 11.3. The quantitative estimate of drug-likeness (QED) is 0.203. The van der Waals surface area contributed by atoms with Gasteiger partial charge in [-0.3, -0.25) is 14.4 Å². The van der Waals surface area contributed by atoms with Crippen molar-refractivity contribution >= 4 is 17.8 Å². The topological polar surface area (TPSA) is 96.4 Å². The lowest BCUT2D eigenvalue weighted by Crippen LogP contribution is -2.59. The molecule has 3 aliphatic rings. The molecule has 8 nitrogen and oxygen atoms in total. The van der Waals surface area contributed by atoms with Crippen LogP contribution in [0.5, 0.6) is 0 Å². The van der Waals surface area contributed by atoms with Gasteiger partial charge in [0.15, 0.2) is 0 Å². The smallest absolute Gasteiger partial charge is 0.312 e. The average Bonchev–Trinajstić information content (AvgIpc) is 3.58. The molecular weight excluding hydrogens is 508 g/mol. The number of hydrogen-bond acceptors (Lipinski definition) is 6. The van der Waals surface area contributed by atoms with Crippen LogP contribution >= 0.6 is 0 Å². The molecule has 40 heavy (non-hydrogen) atoms. The van der Waals surface area contributed by atoms with Crippen LogP contribution in [0.3, 0.4) is 0 Å². The molecule has 0 aromatic heterocycles. The lowest BCUT2D eigenvalue weighted by atomic mass is 9.65. The Bertz CT molecular complexity index is 1090. The van der Waals surface area contributed by atoms with Gasteiger partial charge in [0.25, 0.3) is 0 Å². The van der Waals surface area contributed by atoms with Crippen LogP contribution in [0.15, 0.2) is 55.6 Å². The maximum absolute atomic E-state index is 14.5. The Kier molecular flexibility index (Phi) is 9.52. The van der Waals surface area contributed by atoms with E-state index in [-0.39, 0.29) is 25.0 Å². The van der Waals surface area contributed by atoms with Crippen molar-refractivity contribution in [3.63, 3.8) is 0 Å². The lowest BCUT2D eigenvalue weighted by molar-refractivity contribution is -0.163. The van der Waals surface area contributed by atoms with Crippen molar-refractivity contribution in [1.29, 1.82) is 0 Å². The number of aliphatic hydroxyl groups excluding tert-OH is 1. The fourth-order valence-electron chi connectivity index (χ4n) is 7.13. The molecule has 3 saturated heterocycles. The van der Waals surface area contributed by atoms with Gasteiger partial charge in [0.2, 0.25) is 11.8 Å². The van der Waals surface area contributed by atoms with Gasteiger partial charge in [-0.25, -0.2) is 0 Å². The fraction of sp³-hybridized carbons (Fsp3) is 0.594. The molecule has 1 N–H and O–H groups in total. The van der Waals surface area contributed by atoms with Gasteiger partial charge in [-0.15, -0.1) is 13.2 Å². The minimum Gasteiger partial charge on any atom is -0.465 e. The second-order valence-corrected chi connectivity index (χ2v) is 11.3. The first-order chi connectivity index (χ1) is 19.3. The molecule has 1 aromatic carbocycles. The molecule has 2 bridgehead atoms. The number of aliphatic hydroxyl groups is 1. The summed E-state index contributed by atoms with van der Waals surface area (Å²) in [4.78, 5) is 45.8. The largest absolute Gasteiger partial charge is 0.465 e. The normalized spacial score (nSPS) is 29.2. The first kappa shape index (κ1) is 30.0. The van der Waals surface area contributed by atoms with Gasteiger partial charge in [-0.1, -0.05) is 62.8 Å². The number of ether oxygens (including phenoxy) is 2. The summed E-state index contributed by atoms with van der Waals surface area (Å²) in [5.74, 6) is -2.67. The van der Waals surface area contributed by atoms with Crippen LogP contribution in [0.2, 0.25) is 0 Å². The number of carbonyl (C=O) groups is 3. The molecule has 3 aliphatic heterocycles. The van der Waals surface area contributed by atoms with E-state index in [1.165, 1.54) is 0 Å². The Balaban J connectivity index is 1.79. The molecule has 0 saturated carbocycles. The highest BCUT2D eigenvalue weighted by Crippen LogP contribution is 2.65. The van der Waals surface area contributed by atoms with Crippen LogP contribution in [0.25, 0.3) is 0 Å². The van der Waals surface area contributed by atoms with E-state index in [0.717, 1.165) is 18.4 Å². The summed E-state index contributed by atoms with van der Waals surface area (Å²) in [5.41, 5.74) is -1.08. The highest BCUT2D eigenvalue weighted by atomic mass is 16.6. The molecule has 3 fully saturated rings. The number of amides is 2. The molecule has 0 radical (unpaired) electrons. The van der Waals surface area contributed by atoms with Gasteiger partial charge in [0.05, 0.1) is 30.8 Å². The predicted molar refractivity (Wildman–Crippen MR) is 152 cm³/mol. The number of rotatable bonds is 15. The van der Waals surface area contributed by atoms with Crippen LogP contribution in [0, 0.1) is 11.8 Å². The molecule has 2 amide bonds. The van der Waals surface area contributed by atoms with E-state index in [1.54, 1.807) is 22.0 Å². The van der Waals surface area contributed by atoms with E-state index >= 15 is 0 Å². The van der Waals surface area contributed by atoms with Crippen molar-refractivity contribution < 1.29 is 29.0 Å². The molecule has 1 spiro atoms. The molecule has 4 rings (SSSR count). The minimum absolute atomic E-state index is 0.177. The van der Waals surface area contributed by atoms with E-state index in [2.05, 4.69) is 20.1 Å². The SMILES string of the molecule is C=CCCOC(=O)[C@H]1[C@H]2C(=O)N([C@@H](CO)Cc3ccccc3)C(C(=O)N(CC=C)CCCC)C23CC[C@]1(CC)O3. The van der Waals surface area contributed by atoms with Gasteiger partial charge in [0, 0.05) is 13.1 Å². The first-order valence-corrected chi connectivity index (χ1v) is 14.7. The van der Waals surface area contributed by atoms with Gasteiger partial charge < -0.3 is 24.4 Å². The maximum Gasteiger partial charge on any atom is 0.312 e. The number of hydrogen-bond donors (Lipinski definition) is 1. The summed E-state index contributed by atoms with van der Waals surface area (Å²) in [7, 11) is 0. The monoisotopic (exact) mass is 552 g/mol. The van der Waals surface area contributed by atoms with Gasteiger partial charge >= 0.3 is 5.97 Å². The number of esters is 1. The Morgan fingerprint density at radius 1 is 1.23 bits per heavy atom. The van der Waals surface area contributed by atoms with E-state index in [1.807, 2.05) is 37.3 Å². The van der Waals surface area contributed by atoms with Crippen molar-refractivity contribution in [1.82, 2.24) is 9.80 Å². The van der Waals surface area contributed by atoms with Crippen LogP contribution in [0.1, 0.15) is 57.9 Å². The van der Waals surface area contributed by atoms with E-state index < -0.39 is 41.1 Å². The highest BCUT2D eigenvalue weighted by molar-refractivity contribution is 5.98. The molecular formula is C32H44N2O6. The third-order valence-electron chi connectivity index (χ3n) is 9.03. The number of unbranched alkanes of at least 4 members (excludes halogenated alkanes) is 1. The molecule has 1 aromatic rings. The van der Waals surface area contributed by atoms with E-state index in [9.17, 15) is 19.5 Å². The summed E-state index contributed by atoms with van der Waals surface area (Å²) < 4.78 is 12.5. The lowest BCUT2D eigenvalue weighted by Gasteiger charge is -2.39. The molecule has 3 heterocycles. The molecule has 6 atom stereocenters. The zero-order valence-corrected chi connectivity index (χ0v) is 23.9. The van der Waals surface area contributed by atoms with Crippen molar-refractivity contribution in [2.45, 2.75) is 82.1 Å². The van der Waals surface area contributed by atoms with Crippen molar-refractivity contribution in [2.24, 2.45) is 11.8 Å². The number of likely N-dealkylation sites (tertiary alicyclic amines) is 1. The first-order valence-electron chi connectivity index (χ1n) is 14.7. The van der Waals surface area contributed by atoms with Crippen molar-refractivity contribution in [3.05, 3.63) is 61.2 Å². The van der Waals surface area contributed by atoms with Gasteiger partial charge in [-0.2, -0.15) is 0 Å². The van der Waals surface area contributed by atoms with Gasteiger partial charge in [-0.05, 0) is 44.1 Å². The summed E-state index contributed by atoms with van der Waals surface area (Å²) in [6.45, 7) is 12.3. The van der Waals surface area contributed by atoms with Crippen LogP contribution in [0.4, 0.5) is 0 Å². The molecule has 0 aliphatic carbocycles. The van der Waals surface area contributed by atoms with Crippen LogP contribution < -0.4 is 0 Å². The Labute approximate surface area is 238 Å². The molecule has 2 unspecified atom stereocenters. The minimum atomic E-state index is -1.16. The number of carbonyl (C=O) groups excluding carboxylic acids is 3. The maximum atomic E-state index is 14.5. The number of benzene rings is 1. The van der Waals surface area contributed by atoms with E-state index in [4.69, 9.17) is 9.47 Å². The van der Waals surface area contributed by atoms with Crippen molar-refractivity contribution in [3.8, 4) is 0 Å². The third-order valence-corrected chi connectivity index (χ3v) is 9.03. The second kappa shape index (κ2) is 12.7. The Hall–Kier alpha value is -2.97. The highest BCUT2D eigenvalue weighted by Gasteiger charge is 2.79. The Morgan fingerprint density at radius 3 is 2.60 bits per heavy atom. The molecule has 8 heteroatoms. The van der Waals surface area contributed by atoms with Crippen LogP contribution in [-0.4, -0.2) is 82.3 Å². The predicted octanol–water partition coefficient (Wildman–Crippen LogP) is 3.68. The standard InChI is InChI=1S/C32H44N2O6/c1-5-9-19-33(18-7-3)29(37)27-32-17-16-31(8-4,40-32)26(30(38)39-20-10-6-2)25(32)28(36)34(27)24(22-35)21-23-14-12-11-13-15-23/h6-7,11-15,24-27,35H,2-3,5,8-10,16-22H2,1,4H3/t24-,25+,26-,27?,31+,32?/m1/s1. The van der Waals surface area contributed by atoms with Gasteiger partial charge in [0.1, 0.15) is 17.6 Å². The summed E-state index contributed by atoms with van der Waals surface area (Å²) in [5, 5.41) is 10.6. The summed E-state index contributed by atoms with van der Waals surface area (Å²) in [6, 6.07) is 8.01. The zero-order chi connectivity index (χ0) is 28.9. The fourth-order valence-corrected chi connectivity index (χ4v) is 7.13. The third kappa shape index (κ3) is 5.12. The Morgan fingerprint density at radius 2 is 1.98 bits per heavy atom. The zero-order valence-electron chi connectivity index (χ0n) is 23.9. The van der Waals surface area contributed by atoms with E-state index in [0.29, 0.717) is 45.2 Å². The molecule has 218 valence electrons. The van der Waals surface area contributed by atoms with Crippen LogP contribution in [-0.2, 0) is 30.3 Å². The summed E-state index contributed by atoms with van der Waals surface area (Å²) >= 11 is 0. The summed E-state index contributed by atoms with van der Waals surface area (Å²) in [6.07, 6.45) is 7.54. The average molecular weight is 553 g/mol.